The highest BCUT2D eigenvalue weighted by molar-refractivity contribution is 5.21. The van der Waals surface area contributed by atoms with Crippen molar-refractivity contribution in [2.45, 2.75) is 65.2 Å². The van der Waals surface area contributed by atoms with Crippen LogP contribution in [-0.4, -0.2) is 9.55 Å². The van der Waals surface area contributed by atoms with Gasteiger partial charge in [0.1, 0.15) is 0 Å². The maximum absolute atomic E-state index is 4.60. The van der Waals surface area contributed by atoms with Gasteiger partial charge in [0.2, 0.25) is 0 Å². The van der Waals surface area contributed by atoms with Gasteiger partial charge >= 0.3 is 0 Å². The largest absolute Gasteiger partial charge is 0.337 e. The lowest BCUT2D eigenvalue weighted by Gasteiger charge is -2.19. The molecule has 0 radical (unpaired) electrons. The summed E-state index contributed by atoms with van der Waals surface area (Å²) in [7, 11) is 2.13. The third kappa shape index (κ3) is 2.66. The summed E-state index contributed by atoms with van der Waals surface area (Å²) in [6, 6.07) is 0. The summed E-state index contributed by atoms with van der Waals surface area (Å²) < 4.78 is 2.23. The summed E-state index contributed by atoms with van der Waals surface area (Å²) >= 11 is 0. The molecule has 2 unspecified atom stereocenters. The first kappa shape index (κ1) is 13.3. The Morgan fingerprint density at radius 2 is 1.94 bits per heavy atom. The molecule has 1 rings (SSSR count). The zero-order valence-electron chi connectivity index (χ0n) is 11.5. The van der Waals surface area contributed by atoms with E-state index in [1.165, 1.54) is 37.1 Å². The average Bonchev–Trinajstić information content (AvgIpc) is 2.67. The van der Waals surface area contributed by atoms with Crippen molar-refractivity contribution in [1.29, 1.82) is 0 Å². The second kappa shape index (κ2) is 6.07. The van der Waals surface area contributed by atoms with Gasteiger partial charge in [-0.15, -0.1) is 0 Å². The van der Waals surface area contributed by atoms with Gasteiger partial charge in [-0.2, -0.15) is 0 Å². The molecule has 0 N–H and O–H groups in total. The molecule has 0 aliphatic carbocycles. The molecular formula is C14H26N2. The molecule has 92 valence electrons. The monoisotopic (exact) mass is 222 g/mol. The predicted octanol–water partition coefficient (Wildman–Crippen LogP) is 4.23. The first-order valence-corrected chi connectivity index (χ1v) is 6.66. The van der Waals surface area contributed by atoms with E-state index in [2.05, 4.69) is 44.3 Å². The summed E-state index contributed by atoms with van der Waals surface area (Å²) in [5.74, 6) is 1.27. The van der Waals surface area contributed by atoms with E-state index in [1.807, 2.05) is 6.33 Å². The number of imidazole rings is 1. The molecule has 0 spiro atoms. The van der Waals surface area contributed by atoms with Crippen molar-refractivity contribution in [1.82, 2.24) is 9.55 Å². The van der Waals surface area contributed by atoms with E-state index in [0.717, 1.165) is 0 Å². The Morgan fingerprint density at radius 3 is 2.44 bits per heavy atom. The van der Waals surface area contributed by atoms with E-state index in [9.17, 15) is 0 Å². The number of aryl methyl sites for hydroxylation is 1. The molecule has 0 saturated carbocycles. The molecule has 1 aromatic rings. The Labute approximate surface area is 100 Å². The van der Waals surface area contributed by atoms with E-state index >= 15 is 0 Å². The molecule has 1 aromatic heterocycles. The zero-order valence-corrected chi connectivity index (χ0v) is 11.5. The molecule has 0 aliphatic rings. The van der Waals surface area contributed by atoms with Crippen LogP contribution in [0.2, 0.25) is 0 Å². The van der Waals surface area contributed by atoms with Crippen LogP contribution >= 0.6 is 0 Å². The lowest BCUT2D eigenvalue weighted by atomic mass is 9.91. The maximum Gasteiger partial charge on any atom is 0.0949 e. The minimum atomic E-state index is 0.585. The summed E-state index contributed by atoms with van der Waals surface area (Å²) in [6.45, 7) is 9.07. The molecule has 2 atom stereocenters. The van der Waals surface area contributed by atoms with Crippen molar-refractivity contribution in [3.05, 3.63) is 17.7 Å². The van der Waals surface area contributed by atoms with Gasteiger partial charge in [0.05, 0.1) is 12.0 Å². The fraction of sp³-hybridized carbons (Fsp3) is 0.786. The van der Waals surface area contributed by atoms with Crippen molar-refractivity contribution in [2.75, 3.05) is 0 Å². The van der Waals surface area contributed by atoms with Gasteiger partial charge in [-0.25, -0.2) is 4.98 Å². The van der Waals surface area contributed by atoms with Gasteiger partial charge in [-0.1, -0.05) is 34.1 Å². The van der Waals surface area contributed by atoms with Crippen LogP contribution in [0, 0.1) is 0 Å². The van der Waals surface area contributed by atoms with Gasteiger partial charge in [0.15, 0.2) is 0 Å². The molecule has 0 aliphatic heterocycles. The van der Waals surface area contributed by atoms with E-state index in [4.69, 9.17) is 0 Å². The van der Waals surface area contributed by atoms with E-state index < -0.39 is 0 Å². The quantitative estimate of drug-likeness (QED) is 0.704. The fourth-order valence-corrected chi connectivity index (χ4v) is 2.41. The van der Waals surface area contributed by atoms with E-state index in [-0.39, 0.29) is 0 Å². The Bertz CT molecular complexity index is 315. The SMILES string of the molecule is CCCC(CC)c1c(C(C)CC)ncn1C. The highest BCUT2D eigenvalue weighted by atomic mass is 15.0. The normalized spacial score (nSPS) is 15.1. The van der Waals surface area contributed by atoms with E-state index in [1.54, 1.807) is 0 Å². The summed E-state index contributed by atoms with van der Waals surface area (Å²) in [4.78, 5) is 4.60. The van der Waals surface area contributed by atoms with Gasteiger partial charge in [-0.05, 0) is 25.2 Å². The lowest BCUT2D eigenvalue weighted by molar-refractivity contribution is 0.547. The predicted molar refractivity (Wildman–Crippen MR) is 69.9 cm³/mol. The molecule has 0 bridgehead atoms. The average molecular weight is 222 g/mol. The molecular weight excluding hydrogens is 196 g/mol. The molecule has 2 nitrogen and oxygen atoms in total. The minimum absolute atomic E-state index is 0.585. The van der Waals surface area contributed by atoms with Crippen LogP contribution in [0.3, 0.4) is 0 Å². The highest BCUT2D eigenvalue weighted by Crippen LogP contribution is 2.31. The standard InChI is InChI=1S/C14H26N2/c1-6-9-12(8-3)14-13(11(4)7-2)15-10-16(14)5/h10-12H,6-9H2,1-5H3. The Kier molecular flexibility index (Phi) is 5.04. The van der Waals surface area contributed by atoms with Crippen molar-refractivity contribution >= 4 is 0 Å². The smallest absolute Gasteiger partial charge is 0.0949 e. The van der Waals surface area contributed by atoms with Gasteiger partial charge < -0.3 is 4.57 Å². The van der Waals surface area contributed by atoms with Crippen LogP contribution in [0.15, 0.2) is 6.33 Å². The third-order valence-corrected chi connectivity index (χ3v) is 3.61. The molecule has 0 saturated heterocycles. The van der Waals surface area contributed by atoms with Crippen LogP contribution in [0.4, 0.5) is 0 Å². The van der Waals surface area contributed by atoms with Gasteiger partial charge in [0.25, 0.3) is 0 Å². The van der Waals surface area contributed by atoms with Crippen molar-refractivity contribution in [2.24, 2.45) is 7.05 Å². The zero-order chi connectivity index (χ0) is 12.1. The lowest BCUT2D eigenvalue weighted by Crippen LogP contribution is -2.08. The number of nitrogens with zero attached hydrogens (tertiary/aromatic N) is 2. The topological polar surface area (TPSA) is 17.8 Å². The van der Waals surface area contributed by atoms with Gasteiger partial charge in [0, 0.05) is 18.7 Å². The van der Waals surface area contributed by atoms with Crippen LogP contribution in [0.5, 0.6) is 0 Å². The number of hydrogen-bond acceptors (Lipinski definition) is 1. The van der Waals surface area contributed by atoms with Crippen LogP contribution in [-0.2, 0) is 7.05 Å². The Hall–Kier alpha value is -0.790. The van der Waals surface area contributed by atoms with Crippen LogP contribution < -0.4 is 0 Å². The van der Waals surface area contributed by atoms with Crippen molar-refractivity contribution in [3.8, 4) is 0 Å². The molecule has 2 heteroatoms. The molecule has 0 fully saturated rings. The maximum atomic E-state index is 4.60. The van der Waals surface area contributed by atoms with Crippen LogP contribution in [0.25, 0.3) is 0 Å². The third-order valence-electron chi connectivity index (χ3n) is 3.61. The fourth-order valence-electron chi connectivity index (χ4n) is 2.41. The second-order valence-corrected chi connectivity index (χ2v) is 4.83. The first-order chi connectivity index (χ1) is 7.65. The number of rotatable bonds is 6. The van der Waals surface area contributed by atoms with Crippen molar-refractivity contribution in [3.63, 3.8) is 0 Å². The molecule has 16 heavy (non-hydrogen) atoms. The van der Waals surface area contributed by atoms with Crippen LogP contribution in [0.1, 0.15) is 76.6 Å². The summed E-state index contributed by atoms with van der Waals surface area (Å²) in [6.07, 6.45) is 6.90. The summed E-state index contributed by atoms with van der Waals surface area (Å²) in [5, 5.41) is 0. The van der Waals surface area contributed by atoms with Crippen molar-refractivity contribution < 1.29 is 0 Å². The minimum Gasteiger partial charge on any atom is -0.337 e. The van der Waals surface area contributed by atoms with E-state index in [0.29, 0.717) is 11.8 Å². The van der Waals surface area contributed by atoms with Gasteiger partial charge in [-0.3, -0.25) is 0 Å². The number of hydrogen-bond donors (Lipinski definition) is 0. The second-order valence-electron chi connectivity index (χ2n) is 4.83. The summed E-state index contributed by atoms with van der Waals surface area (Å²) in [5.41, 5.74) is 2.80. The molecule has 1 heterocycles. The number of aromatic nitrogens is 2. The Morgan fingerprint density at radius 1 is 1.25 bits per heavy atom. The molecule has 0 amide bonds. The Balaban J connectivity index is 3.03. The first-order valence-electron chi connectivity index (χ1n) is 6.66. The highest BCUT2D eigenvalue weighted by Gasteiger charge is 2.20. The molecule has 0 aromatic carbocycles.